The minimum absolute atomic E-state index is 0.570. The van der Waals surface area contributed by atoms with Gasteiger partial charge in [0.1, 0.15) is 0 Å². The van der Waals surface area contributed by atoms with Crippen LogP contribution in [0.5, 0.6) is 0 Å². The second-order valence-electron chi connectivity index (χ2n) is 3.33. The fourth-order valence-electron chi connectivity index (χ4n) is 1.43. The fraction of sp³-hybridized carbons (Fsp3) is 0.100. The molecule has 0 fully saturated rings. The molecule has 1 aliphatic carbocycles. The van der Waals surface area contributed by atoms with E-state index < -0.39 is 15.1 Å². The highest BCUT2D eigenvalue weighted by Gasteiger charge is 2.40. The molecular weight excluding hydrogens is 216 g/mol. The Morgan fingerprint density at radius 2 is 1.73 bits per heavy atom. The molecule has 1 aromatic carbocycles. The molecule has 5 heteroatoms. The van der Waals surface area contributed by atoms with Crippen molar-refractivity contribution < 1.29 is 18.1 Å². The van der Waals surface area contributed by atoms with Gasteiger partial charge in [0.05, 0.1) is 0 Å². The van der Waals surface area contributed by atoms with Crippen LogP contribution in [0.1, 0.15) is 11.1 Å². The summed E-state index contributed by atoms with van der Waals surface area (Å²) in [5.41, 5.74) is 1.37. The predicted octanol–water partition coefficient (Wildman–Crippen LogP) is 0.842. The first kappa shape index (κ1) is 10.4. The standard InChI is InChI=1S/C10H9O4S/c11-10(15(12,13)14)6-5-8-3-1-2-4-9(8)7-10/h1-7,11H,(H,12,13,14). The summed E-state index contributed by atoms with van der Waals surface area (Å²) < 4.78 is 30.7. The van der Waals surface area contributed by atoms with Crippen LogP contribution in [0.15, 0.2) is 30.3 Å². The second kappa shape index (κ2) is 3.16. The van der Waals surface area contributed by atoms with Gasteiger partial charge in [-0.3, -0.25) is 4.55 Å². The average Bonchev–Trinajstić information content (AvgIpc) is 2.16. The van der Waals surface area contributed by atoms with Gasteiger partial charge in [-0.15, -0.1) is 0 Å². The fourth-order valence-corrected chi connectivity index (χ4v) is 1.95. The molecule has 0 aliphatic heterocycles. The molecule has 79 valence electrons. The molecule has 1 aliphatic rings. The van der Waals surface area contributed by atoms with E-state index in [0.29, 0.717) is 5.56 Å². The minimum atomic E-state index is -4.55. The summed E-state index contributed by atoms with van der Waals surface area (Å²) in [5, 5.41) is 9.67. The lowest BCUT2D eigenvalue weighted by atomic mass is 9.95. The monoisotopic (exact) mass is 225 g/mol. The Morgan fingerprint density at radius 3 is 2.33 bits per heavy atom. The average molecular weight is 225 g/mol. The molecule has 0 aromatic heterocycles. The number of hydrogen-bond acceptors (Lipinski definition) is 3. The lowest BCUT2D eigenvalue weighted by Gasteiger charge is -2.25. The SMILES string of the molecule is O=S(=O)(O)C1(O)[CH]c2ccccc2C=C1. The Hall–Kier alpha value is -1.17. The maximum Gasteiger partial charge on any atom is 0.299 e. The van der Waals surface area contributed by atoms with E-state index in [0.717, 1.165) is 18.1 Å². The van der Waals surface area contributed by atoms with Crippen molar-refractivity contribution in [3.05, 3.63) is 47.9 Å². The number of rotatable bonds is 1. The zero-order valence-electron chi connectivity index (χ0n) is 7.66. The smallest absolute Gasteiger partial charge is 0.299 e. The molecule has 1 atom stereocenters. The highest BCUT2D eigenvalue weighted by Crippen LogP contribution is 2.30. The highest BCUT2D eigenvalue weighted by molar-refractivity contribution is 7.87. The van der Waals surface area contributed by atoms with Crippen molar-refractivity contribution >= 4 is 16.2 Å². The van der Waals surface area contributed by atoms with Crippen LogP contribution in [-0.4, -0.2) is 23.0 Å². The summed E-state index contributed by atoms with van der Waals surface area (Å²) in [6, 6.07) is 6.97. The molecule has 0 saturated carbocycles. The first-order valence-electron chi connectivity index (χ1n) is 4.26. The Kier molecular flexibility index (Phi) is 2.18. The van der Waals surface area contributed by atoms with E-state index in [2.05, 4.69) is 0 Å². The summed E-state index contributed by atoms with van der Waals surface area (Å²) in [7, 11) is -4.55. The molecule has 4 nitrogen and oxygen atoms in total. The third kappa shape index (κ3) is 1.69. The van der Waals surface area contributed by atoms with Crippen LogP contribution in [0.4, 0.5) is 0 Å². The molecule has 1 radical (unpaired) electrons. The number of aliphatic hydroxyl groups is 1. The topological polar surface area (TPSA) is 74.6 Å². The van der Waals surface area contributed by atoms with Crippen LogP contribution in [0.25, 0.3) is 6.08 Å². The quantitative estimate of drug-likeness (QED) is 0.694. The molecule has 0 heterocycles. The number of hydrogen-bond donors (Lipinski definition) is 2. The third-order valence-corrected chi connectivity index (χ3v) is 3.35. The van der Waals surface area contributed by atoms with Gasteiger partial charge in [-0.05, 0) is 17.2 Å². The molecule has 2 N–H and O–H groups in total. The van der Waals surface area contributed by atoms with Crippen molar-refractivity contribution in [2.75, 3.05) is 0 Å². The molecule has 2 rings (SSSR count). The zero-order valence-corrected chi connectivity index (χ0v) is 8.48. The lowest BCUT2D eigenvalue weighted by molar-refractivity contribution is 0.195. The molecular formula is C10H9O4S. The first-order chi connectivity index (χ1) is 6.92. The van der Waals surface area contributed by atoms with Crippen LogP contribution in [0, 0.1) is 6.42 Å². The van der Waals surface area contributed by atoms with Gasteiger partial charge in [0.15, 0.2) is 0 Å². The van der Waals surface area contributed by atoms with Crippen molar-refractivity contribution in [3.63, 3.8) is 0 Å². The van der Waals surface area contributed by atoms with Crippen LogP contribution < -0.4 is 0 Å². The predicted molar refractivity (Wildman–Crippen MR) is 55.4 cm³/mol. The number of benzene rings is 1. The molecule has 15 heavy (non-hydrogen) atoms. The Bertz CT molecular complexity index is 518. The lowest BCUT2D eigenvalue weighted by Crippen LogP contribution is -2.38. The first-order valence-corrected chi connectivity index (χ1v) is 5.70. The maximum atomic E-state index is 10.9. The van der Waals surface area contributed by atoms with E-state index in [-0.39, 0.29) is 0 Å². The van der Waals surface area contributed by atoms with Crippen molar-refractivity contribution in [2.45, 2.75) is 4.93 Å². The largest absolute Gasteiger partial charge is 0.369 e. The van der Waals surface area contributed by atoms with Crippen LogP contribution in [-0.2, 0) is 10.1 Å². The van der Waals surface area contributed by atoms with Gasteiger partial charge >= 0.3 is 0 Å². The second-order valence-corrected chi connectivity index (χ2v) is 4.94. The van der Waals surface area contributed by atoms with Crippen molar-refractivity contribution in [1.82, 2.24) is 0 Å². The van der Waals surface area contributed by atoms with Crippen molar-refractivity contribution in [3.8, 4) is 0 Å². The van der Waals surface area contributed by atoms with Gasteiger partial charge in [0, 0.05) is 6.42 Å². The van der Waals surface area contributed by atoms with E-state index >= 15 is 0 Å². The van der Waals surface area contributed by atoms with Crippen LogP contribution >= 0.6 is 0 Å². The van der Waals surface area contributed by atoms with Crippen molar-refractivity contribution in [1.29, 1.82) is 0 Å². The summed E-state index contributed by atoms with van der Waals surface area (Å²) in [4.78, 5) is -2.32. The van der Waals surface area contributed by atoms with Gasteiger partial charge in [-0.1, -0.05) is 30.3 Å². The number of fused-ring (bicyclic) bond motifs is 1. The molecule has 0 saturated heterocycles. The van der Waals surface area contributed by atoms with Gasteiger partial charge in [-0.25, -0.2) is 0 Å². The minimum Gasteiger partial charge on any atom is -0.369 e. The Morgan fingerprint density at radius 1 is 1.13 bits per heavy atom. The molecule has 0 spiro atoms. The van der Waals surface area contributed by atoms with Crippen LogP contribution in [0.2, 0.25) is 0 Å². The summed E-state index contributed by atoms with van der Waals surface area (Å²) in [5.74, 6) is 0. The molecule has 1 aromatic rings. The molecule has 0 amide bonds. The summed E-state index contributed by atoms with van der Waals surface area (Å²) in [6.07, 6.45) is 3.62. The highest BCUT2D eigenvalue weighted by atomic mass is 32.2. The normalized spacial score (nSPS) is 24.9. The molecule has 1 unspecified atom stereocenters. The van der Waals surface area contributed by atoms with Gasteiger partial charge in [0.2, 0.25) is 4.93 Å². The third-order valence-electron chi connectivity index (χ3n) is 2.27. The summed E-state index contributed by atoms with van der Waals surface area (Å²) in [6.45, 7) is 0. The Balaban J connectivity index is 2.51. The van der Waals surface area contributed by atoms with Gasteiger partial charge in [-0.2, -0.15) is 8.42 Å². The van der Waals surface area contributed by atoms with E-state index in [9.17, 15) is 13.5 Å². The van der Waals surface area contributed by atoms with E-state index in [1.807, 2.05) is 0 Å². The maximum absolute atomic E-state index is 10.9. The van der Waals surface area contributed by atoms with Crippen molar-refractivity contribution in [2.24, 2.45) is 0 Å². The van der Waals surface area contributed by atoms with Gasteiger partial charge in [0.25, 0.3) is 10.1 Å². The Labute approximate surface area is 87.6 Å². The van der Waals surface area contributed by atoms with E-state index in [1.165, 1.54) is 6.08 Å². The summed E-state index contributed by atoms with van der Waals surface area (Å²) >= 11 is 0. The van der Waals surface area contributed by atoms with E-state index in [4.69, 9.17) is 4.55 Å². The zero-order chi connectivity index (χ0) is 11.1. The van der Waals surface area contributed by atoms with Gasteiger partial charge < -0.3 is 5.11 Å². The van der Waals surface area contributed by atoms with E-state index in [1.54, 1.807) is 24.3 Å². The van der Waals surface area contributed by atoms with Crippen LogP contribution in [0.3, 0.4) is 0 Å². The molecule has 0 bridgehead atoms.